The molecule has 0 aliphatic rings. The zero-order valence-corrected chi connectivity index (χ0v) is 8.05. The molecule has 0 spiro atoms. The van der Waals surface area contributed by atoms with Crippen LogP contribution in [0.1, 0.15) is 47.0 Å². The highest BCUT2D eigenvalue weighted by Gasteiger charge is 2.18. The SMILES string of the molecule is CCCC(CC(C)(C)C)OO. The third kappa shape index (κ3) is 6.32. The van der Waals surface area contributed by atoms with Crippen LogP contribution in [-0.4, -0.2) is 11.4 Å². The van der Waals surface area contributed by atoms with Gasteiger partial charge >= 0.3 is 0 Å². The minimum atomic E-state index is 0.0139. The van der Waals surface area contributed by atoms with Gasteiger partial charge in [-0.15, -0.1) is 0 Å². The van der Waals surface area contributed by atoms with Crippen molar-refractivity contribution in [3.05, 3.63) is 0 Å². The first-order valence-corrected chi connectivity index (χ1v) is 4.30. The molecule has 0 aliphatic heterocycles. The van der Waals surface area contributed by atoms with E-state index in [4.69, 9.17) is 5.26 Å². The van der Waals surface area contributed by atoms with Crippen LogP contribution in [0.2, 0.25) is 0 Å². The first-order valence-electron chi connectivity index (χ1n) is 4.30. The van der Waals surface area contributed by atoms with Gasteiger partial charge in [0.2, 0.25) is 0 Å². The van der Waals surface area contributed by atoms with E-state index < -0.39 is 0 Å². The first kappa shape index (κ1) is 10.9. The predicted octanol–water partition coefficient (Wildman–Crippen LogP) is 3.08. The van der Waals surface area contributed by atoms with E-state index in [9.17, 15) is 0 Å². The molecule has 1 atom stereocenters. The van der Waals surface area contributed by atoms with E-state index in [1.165, 1.54) is 0 Å². The van der Waals surface area contributed by atoms with Gasteiger partial charge in [-0.1, -0.05) is 34.1 Å². The summed E-state index contributed by atoms with van der Waals surface area (Å²) in [6, 6.07) is 0. The lowest BCUT2D eigenvalue weighted by molar-refractivity contribution is -0.284. The molecule has 11 heavy (non-hydrogen) atoms. The van der Waals surface area contributed by atoms with Gasteiger partial charge in [0.05, 0.1) is 6.10 Å². The van der Waals surface area contributed by atoms with Crippen molar-refractivity contribution in [1.29, 1.82) is 0 Å². The summed E-state index contributed by atoms with van der Waals surface area (Å²) in [5.74, 6) is 0. The second-order valence-electron chi connectivity index (χ2n) is 4.28. The van der Waals surface area contributed by atoms with Gasteiger partial charge in [0.25, 0.3) is 0 Å². The Balaban J connectivity index is 3.68. The molecule has 0 saturated carbocycles. The molecule has 0 aromatic rings. The van der Waals surface area contributed by atoms with Crippen molar-refractivity contribution in [2.45, 2.75) is 53.1 Å². The Morgan fingerprint density at radius 2 is 1.91 bits per heavy atom. The van der Waals surface area contributed by atoms with E-state index in [2.05, 4.69) is 32.6 Å². The van der Waals surface area contributed by atoms with Crippen LogP contribution >= 0.6 is 0 Å². The number of rotatable bonds is 4. The summed E-state index contributed by atoms with van der Waals surface area (Å²) in [4.78, 5) is 4.37. The average molecular weight is 160 g/mol. The van der Waals surface area contributed by atoms with Crippen molar-refractivity contribution in [3.63, 3.8) is 0 Å². The molecule has 2 heteroatoms. The molecule has 0 fully saturated rings. The molecule has 1 unspecified atom stereocenters. The lowest BCUT2D eigenvalue weighted by atomic mass is 9.88. The van der Waals surface area contributed by atoms with Gasteiger partial charge in [-0.25, -0.2) is 4.89 Å². The molecular formula is C9H20O2. The van der Waals surface area contributed by atoms with Crippen LogP contribution in [-0.2, 0) is 4.89 Å². The third-order valence-corrected chi connectivity index (χ3v) is 1.60. The molecule has 0 radical (unpaired) electrons. The fraction of sp³-hybridized carbons (Fsp3) is 1.00. The molecular weight excluding hydrogens is 140 g/mol. The summed E-state index contributed by atoms with van der Waals surface area (Å²) in [6.07, 6.45) is 2.92. The molecule has 0 aromatic carbocycles. The van der Waals surface area contributed by atoms with Gasteiger partial charge in [0.1, 0.15) is 0 Å². The van der Waals surface area contributed by atoms with E-state index in [0.717, 1.165) is 19.3 Å². The van der Waals surface area contributed by atoms with Crippen LogP contribution in [0.3, 0.4) is 0 Å². The van der Waals surface area contributed by atoms with E-state index in [0.29, 0.717) is 0 Å². The summed E-state index contributed by atoms with van der Waals surface area (Å²) >= 11 is 0. The summed E-state index contributed by atoms with van der Waals surface area (Å²) in [5.41, 5.74) is 0.239. The number of hydrogen-bond donors (Lipinski definition) is 1. The van der Waals surface area contributed by atoms with E-state index in [-0.39, 0.29) is 11.5 Å². The Morgan fingerprint density at radius 3 is 2.18 bits per heavy atom. The maximum absolute atomic E-state index is 8.52. The topological polar surface area (TPSA) is 29.5 Å². The van der Waals surface area contributed by atoms with Gasteiger partial charge in [-0.2, -0.15) is 0 Å². The Bertz CT molecular complexity index is 94.2. The molecule has 0 rings (SSSR count). The normalized spacial score (nSPS) is 15.0. The van der Waals surface area contributed by atoms with E-state index in [1.807, 2.05) is 0 Å². The number of hydrogen-bond acceptors (Lipinski definition) is 2. The maximum atomic E-state index is 8.52. The van der Waals surface area contributed by atoms with Crippen LogP contribution in [0.4, 0.5) is 0 Å². The minimum Gasteiger partial charge on any atom is -0.252 e. The maximum Gasteiger partial charge on any atom is 0.0932 e. The molecule has 0 aromatic heterocycles. The zero-order chi connectivity index (χ0) is 8.91. The molecule has 0 aliphatic carbocycles. The Labute approximate surface area is 69.5 Å². The third-order valence-electron chi connectivity index (χ3n) is 1.60. The van der Waals surface area contributed by atoms with E-state index >= 15 is 0 Å². The van der Waals surface area contributed by atoms with Gasteiger partial charge in [0, 0.05) is 0 Å². The van der Waals surface area contributed by atoms with Crippen molar-refractivity contribution < 1.29 is 10.1 Å². The average Bonchev–Trinajstić information content (AvgIpc) is 1.84. The Hall–Kier alpha value is -0.0800. The van der Waals surface area contributed by atoms with Gasteiger partial charge in [0.15, 0.2) is 0 Å². The highest BCUT2D eigenvalue weighted by atomic mass is 17.1. The lowest BCUT2D eigenvalue weighted by Gasteiger charge is -2.23. The molecule has 0 amide bonds. The molecule has 0 bridgehead atoms. The van der Waals surface area contributed by atoms with Crippen LogP contribution in [0.5, 0.6) is 0 Å². The predicted molar refractivity (Wildman–Crippen MR) is 46.5 cm³/mol. The fourth-order valence-electron chi connectivity index (χ4n) is 1.20. The lowest BCUT2D eigenvalue weighted by Crippen LogP contribution is -2.19. The smallest absolute Gasteiger partial charge is 0.0932 e. The van der Waals surface area contributed by atoms with Crippen molar-refractivity contribution in [2.75, 3.05) is 0 Å². The summed E-state index contributed by atoms with van der Waals surface area (Å²) in [7, 11) is 0. The van der Waals surface area contributed by atoms with Crippen molar-refractivity contribution >= 4 is 0 Å². The molecule has 0 saturated heterocycles. The van der Waals surface area contributed by atoms with Gasteiger partial charge in [-0.05, 0) is 18.3 Å². The summed E-state index contributed by atoms with van der Waals surface area (Å²) < 4.78 is 0. The van der Waals surface area contributed by atoms with Crippen molar-refractivity contribution in [2.24, 2.45) is 5.41 Å². The highest BCUT2D eigenvalue weighted by molar-refractivity contribution is 4.68. The second kappa shape index (κ2) is 4.73. The first-order chi connectivity index (χ1) is 4.99. The summed E-state index contributed by atoms with van der Waals surface area (Å²) in [6.45, 7) is 8.53. The quantitative estimate of drug-likeness (QED) is 0.506. The molecule has 2 nitrogen and oxygen atoms in total. The van der Waals surface area contributed by atoms with Crippen LogP contribution in [0.25, 0.3) is 0 Å². The van der Waals surface area contributed by atoms with Crippen molar-refractivity contribution in [1.82, 2.24) is 0 Å². The van der Waals surface area contributed by atoms with Gasteiger partial charge in [-0.3, -0.25) is 5.26 Å². The molecule has 0 heterocycles. The Kier molecular flexibility index (Phi) is 4.69. The molecule has 68 valence electrons. The summed E-state index contributed by atoms with van der Waals surface area (Å²) in [5, 5.41) is 8.52. The molecule has 1 N–H and O–H groups in total. The fourth-order valence-corrected chi connectivity index (χ4v) is 1.20. The monoisotopic (exact) mass is 160 g/mol. The minimum absolute atomic E-state index is 0.0139. The highest BCUT2D eigenvalue weighted by Crippen LogP contribution is 2.23. The Morgan fingerprint density at radius 1 is 1.36 bits per heavy atom. The standard InChI is InChI=1S/C9H20O2/c1-5-6-8(11-10)7-9(2,3)4/h8,10H,5-7H2,1-4H3. The second-order valence-corrected chi connectivity index (χ2v) is 4.28. The van der Waals surface area contributed by atoms with Crippen molar-refractivity contribution in [3.8, 4) is 0 Å². The zero-order valence-electron chi connectivity index (χ0n) is 8.05. The van der Waals surface area contributed by atoms with E-state index in [1.54, 1.807) is 0 Å². The van der Waals surface area contributed by atoms with Crippen LogP contribution in [0, 0.1) is 5.41 Å². The van der Waals surface area contributed by atoms with Gasteiger partial charge < -0.3 is 0 Å². The van der Waals surface area contributed by atoms with Crippen LogP contribution < -0.4 is 0 Å². The van der Waals surface area contributed by atoms with Crippen LogP contribution in [0.15, 0.2) is 0 Å². The largest absolute Gasteiger partial charge is 0.252 e.